The predicted molar refractivity (Wildman–Crippen MR) is 287 cm³/mol. The molecule has 4 aromatic heterocycles. The van der Waals surface area contributed by atoms with Gasteiger partial charge < -0.3 is 0 Å². The molecule has 352 valence electrons. The van der Waals surface area contributed by atoms with Crippen LogP contribution in [0.3, 0.4) is 0 Å². The second-order valence-corrected chi connectivity index (χ2v) is 23.2. The summed E-state index contributed by atoms with van der Waals surface area (Å²) >= 11 is 7.80. The highest BCUT2D eigenvalue weighted by atomic mass is 32.1. The molecule has 65 heavy (non-hydrogen) atoms. The summed E-state index contributed by atoms with van der Waals surface area (Å²) in [5.74, 6) is -0.0827. The Bertz CT molecular complexity index is 2230. The van der Waals surface area contributed by atoms with Gasteiger partial charge in [0.2, 0.25) is 0 Å². The van der Waals surface area contributed by atoms with Crippen molar-refractivity contribution in [2.75, 3.05) is 0 Å². The third kappa shape index (κ3) is 14.8. The molecule has 0 N–H and O–H groups in total. The van der Waals surface area contributed by atoms with E-state index in [0.29, 0.717) is 0 Å². The third-order valence-corrected chi connectivity index (χ3v) is 19.4. The molecule has 0 saturated heterocycles. The van der Waals surface area contributed by atoms with E-state index in [1.165, 1.54) is 190 Å². The van der Waals surface area contributed by atoms with Gasteiger partial charge in [0, 0.05) is 50.4 Å². The normalized spacial score (nSPS) is 13.2. The molecule has 0 radical (unpaired) electrons. The van der Waals surface area contributed by atoms with Crippen LogP contribution in [-0.2, 0) is 18.3 Å². The van der Waals surface area contributed by atoms with Crippen molar-refractivity contribution in [1.82, 2.24) is 0 Å². The van der Waals surface area contributed by atoms with Gasteiger partial charge in [-0.3, -0.25) is 0 Å². The standard InChI is InChI=1S/C59H78F2S4/c1-6-10-12-14-16-18-20-22-24-26-28-45-42-55(50(8-3)44-30-34-48(60)35-31-44)64-57(45)53-40-38-51(62-53)52-39-41-54(63-52)58-46(29-27-25-23-21-19-17-15-13-11-7-2)43-56(65-58)59(5,9-4)47-32-36-49(61)37-33-47/h30-43,50H,6-29H2,1-5H3. The van der Waals surface area contributed by atoms with Crippen LogP contribution in [0.1, 0.15) is 214 Å². The molecule has 0 aliphatic carbocycles. The van der Waals surface area contributed by atoms with E-state index in [0.717, 1.165) is 25.7 Å². The quantitative estimate of drug-likeness (QED) is 0.0381. The zero-order valence-corrected chi connectivity index (χ0v) is 43.8. The minimum absolute atomic E-state index is 0.172. The van der Waals surface area contributed by atoms with Crippen molar-refractivity contribution < 1.29 is 8.78 Å². The monoisotopic (exact) mass is 952 g/mol. The van der Waals surface area contributed by atoms with Crippen LogP contribution in [0.4, 0.5) is 8.78 Å². The summed E-state index contributed by atoms with van der Waals surface area (Å²) in [5.41, 5.74) is 5.16. The number of halogens is 2. The molecule has 6 aromatic rings. The zero-order valence-electron chi connectivity index (χ0n) is 40.5. The Morgan fingerprint density at radius 2 is 0.862 bits per heavy atom. The molecule has 6 heteroatoms. The Labute approximate surface area is 409 Å². The van der Waals surface area contributed by atoms with Gasteiger partial charge in [-0.05, 0) is 121 Å². The van der Waals surface area contributed by atoms with Gasteiger partial charge in [-0.25, -0.2) is 8.78 Å². The minimum atomic E-state index is -0.177. The van der Waals surface area contributed by atoms with Crippen LogP contribution in [0.15, 0.2) is 84.9 Å². The maximum absolute atomic E-state index is 14.1. The van der Waals surface area contributed by atoms with E-state index in [2.05, 4.69) is 71.0 Å². The number of aryl methyl sites for hydroxylation is 2. The van der Waals surface area contributed by atoms with Crippen LogP contribution < -0.4 is 0 Å². The molecular formula is C59H78F2S4. The highest BCUT2D eigenvalue weighted by molar-refractivity contribution is 7.28. The fraction of sp³-hybridized carbons (Fsp3) is 0.525. The highest BCUT2D eigenvalue weighted by Gasteiger charge is 2.31. The fourth-order valence-electron chi connectivity index (χ4n) is 9.54. The predicted octanol–water partition coefficient (Wildman–Crippen LogP) is 21.4. The van der Waals surface area contributed by atoms with Crippen molar-refractivity contribution in [2.45, 2.75) is 200 Å². The van der Waals surface area contributed by atoms with E-state index in [4.69, 9.17) is 0 Å². The Morgan fingerprint density at radius 3 is 1.32 bits per heavy atom. The Hall–Kier alpha value is -2.90. The van der Waals surface area contributed by atoms with Gasteiger partial charge in [-0.1, -0.05) is 174 Å². The number of hydrogen-bond acceptors (Lipinski definition) is 4. The molecule has 0 spiro atoms. The average molecular weight is 954 g/mol. The first-order valence-electron chi connectivity index (χ1n) is 25.8. The minimum Gasteiger partial charge on any atom is -0.207 e. The van der Waals surface area contributed by atoms with E-state index >= 15 is 0 Å². The van der Waals surface area contributed by atoms with Gasteiger partial charge in [0.15, 0.2) is 0 Å². The van der Waals surface area contributed by atoms with Gasteiger partial charge in [0.25, 0.3) is 0 Å². The molecule has 0 aliphatic rings. The molecule has 0 nitrogen and oxygen atoms in total. The Balaban J connectivity index is 1.21. The summed E-state index contributed by atoms with van der Waals surface area (Å²) in [6.07, 6.45) is 31.0. The van der Waals surface area contributed by atoms with Crippen molar-refractivity contribution in [2.24, 2.45) is 0 Å². The molecule has 6 rings (SSSR count). The van der Waals surface area contributed by atoms with Gasteiger partial charge in [-0.15, -0.1) is 45.3 Å². The average Bonchev–Trinajstić information content (AvgIpc) is 4.16. The number of rotatable bonds is 31. The van der Waals surface area contributed by atoms with Crippen molar-refractivity contribution in [3.05, 3.63) is 129 Å². The van der Waals surface area contributed by atoms with Gasteiger partial charge in [0.05, 0.1) is 0 Å². The summed E-state index contributed by atoms with van der Waals surface area (Å²) in [6.45, 7) is 11.5. The van der Waals surface area contributed by atoms with E-state index in [1.54, 1.807) is 24.3 Å². The molecule has 2 aromatic carbocycles. The van der Waals surface area contributed by atoms with Gasteiger partial charge in [0.1, 0.15) is 11.6 Å². The smallest absolute Gasteiger partial charge is 0.123 e. The Morgan fingerprint density at radius 1 is 0.446 bits per heavy atom. The van der Waals surface area contributed by atoms with E-state index in [1.807, 2.05) is 69.6 Å². The molecule has 4 heterocycles. The maximum Gasteiger partial charge on any atom is 0.123 e. The van der Waals surface area contributed by atoms with Crippen molar-refractivity contribution in [1.29, 1.82) is 0 Å². The molecule has 0 bridgehead atoms. The lowest BCUT2D eigenvalue weighted by Gasteiger charge is -2.28. The number of benzene rings is 2. The van der Waals surface area contributed by atoms with Gasteiger partial charge in [-0.2, -0.15) is 0 Å². The first kappa shape index (κ1) is 51.5. The van der Waals surface area contributed by atoms with Crippen molar-refractivity contribution >= 4 is 45.3 Å². The number of unbranched alkanes of at least 4 members (excludes halogenated alkanes) is 18. The van der Waals surface area contributed by atoms with Crippen LogP contribution in [0.5, 0.6) is 0 Å². The second-order valence-electron chi connectivity index (χ2n) is 18.9. The van der Waals surface area contributed by atoms with E-state index in [-0.39, 0.29) is 23.0 Å². The van der Waals surface area contributed by atoms with Crippen LogP contribution in [0.2, 0.25) is 0 Å². The number of hydrogen-bond donors (Lipinski definition) is 0. The lowest BCUT2D eigenvalue weighted by atomic mass is 9.78. The first-order chi connectivity index (χ1) is 31.8. The molecule has 0 fully saturated rings. The SMILES string of the molecule is CCCCCCCCCCCCc1cc(C(CC)c2ccc(F)cc2)sc1-c1ccc(-c2ccc(-c3sc(C(C)(CC)c4ccc(F)cc4)cc3CCCCCCCCCCCC)s2)s1. The van der Waals surface area contributed by atoms with Crippen LogP contribution in [0.25, 0.3) is 29.3 Å². The molecule has 0 saturated carbocycles. The molecule has 0 amide bonds. The molecular weight excluding hydrogens is 875 g/mol. The van der Waals surface area contributed by atoms with Crippen molar-refractivity contribution in [3.8, 4) is 29.3 Å². The largest absolute Gasteiger partial charge is 0.207 e. The van der Waals surface area contributed by atoms with E-state index < -0.39 is 0 Å². The highest BCUT2D eigenvalue weighted by Crippen LogP contribution is 2.49. The zero-order chi connectivity index (χ0) is 45.9. The van der Waals surface area contributed by atoms with Crippen LogP contribution >= 0.6 is 45.3 Å². The third-order valence-electron chi connectivity index (χ3n) is 13.9. The topological polar surface area (TPSA) is 0 Å². The molecule has 0 aliphatic heterocycles. The summed E-state index contributed by atoms with van der Waals surface area (Å²) in [4.78, 5) is 11.0. The maximum atomic E-state index is 14.1. The number of thiophene rings is 4. The first-order valence-corrected chi connectivity index (χ1v) is 29.0. The van der Waals surface area contributed by atoms with Crippen molar-refractivity contribution in [3.63, 3.8) is 0 Å². The second kappa shape index (κ2) is 27.2. The summed E-state index contributed by atoms with van der Waals surface area (Å²) in [6, 6.07) is 28.8. The summed E-state index contributed by atoms with van der Waals surface area (Å²) in [5, 5.41) is 0. The Kier molecular flexibility index (Phi) is 21.5. The molecule has 2 unspecified atom stereocenters. The van der Waals surface area contributed by atoms with E-state index in [9.17, 15) is 8.78 Å². The van der Waals surface area contributed by atoms with Gasteiger partial charge >= 0.3 is 0 Å². The summed E-state index contributed by atoms with van der Waals surface area (Å²) in [7, 11) is 0. The van der Waals surface area contributed by atoms with Crippen LogP contribution in [-0.4, -0.2) is 0 Å². The summed E-state index contributed by atoms with van der Waals surface area (Å²) < 4.78 is 28.1. The molecule has 2 atom stereocenters. The fourth-order valence-corrected chi connectivity index (χ4v) is 14.8. The lowest BCUT2D eigenvalue weighted by Crippen LogP contribution is -2.21. The van der Waals surface area contributed by atoms with Crippen LogP contribution in [0, 0.1) is 11.6 Å². The lowest BCUT2D eigenvalue weighted by molar-refractivity contribution is 0.553.